The Hall–Kier alpha value is -1.32. The van der Waals surface area contributed by atoms with Gasteiger partial charge >= 0.3 is 0 Å². The molecule has 0 bridgehead atoms. The lowest BCUT2D eigenvalue weighted by Gasteiger charge is -2.19. The summed E-state index contributed by atoms with van der Waals surface area (Å²) in [6.45, 7) is 0.470. The zero-order valence-corrected chi connectivity index (χ0v) is 11.7. The molecule has 0 radical (unpaired) electrons. The van der Waals surface area contributed by atoms with E-state index >= 15 is 0 Å². The molecule has 4 heteroatoms. The van der Waals surface area contributed by atoms with Gasteiger partial charge in [0.05, 0.1) is 13.2 Å². The Morgan fingerprint density at radius 2 is 2.00 bits per heavy atom. The van der Waals surface area contributed by atoms with Gasteiger partial charge in [0, 0.05) is 16.4 Å². The van der Waals surface area contributed by atoms with Gasteiger partial charge < -0.3 is 10.8 Å². The molecule has 1 fully saturated rings. The van der Waals surface area contributed by atoms with Gasteiger partial charge in [-0.3, -0.25) is 4.99 Å². The van der Waals surface area contributed by atoms with Crippen LogP contribution in [0.25, 0.3) is 0 Å². The molecule has 0 heterocycles. The van der Waals surface area contributed by atoms with Crippen LogP contribution in [0.5, 0.6) is 0 Å². The number of aliphatic imine (C=N–C) groups is 1. The first-order chi connectivity index (χ1) is 9.22. The number of halogens is 1. The molecule has 1 aliphatic carbocycles. The van der Waals surface area contributed by atoms with Gasteiger partial charge in [-0.25, -0.2) is 0 Å². The first-order valence-corrected chi connectivity index (χ1v) is 6.95. The van der Waals surface area contributed by atoms with Gasteiger partial charge in [0.25, 0.3) is 0 Å². The predicted octanol–water partition coefficient (Wildman–Crippen LogP) is 3.06. The number of nitrogens with two attached hydrogens (primary N) is 1. The largest absolute Gasteiger partial charge is 0.400 e. The lowest BCUT2D eigenvalue weighted by Crippen LogP contribution is -2.17. The summed E-state index contributed by atoms with van der Waals surface area (Å²) in [5, 5.41) is 9.91. The highest BCUT2D eigenvalue weighted by Crippen LogP contribution is 2.24. The van der Waals surface area contributed by atoms with Crippen molar-refractivity contribution >= 4 is 17.3 Å². The van der Waals surface area contributed by atoms with Crippen molar-refractivity contribution in [1.29, 1.82) is 0 Å². The Balaban J connectivity index is 2.19. The number of nitrogens with zero attached hydrogens (tertiary/aromatic N) is 1. The first kappa shape index (κ1) is 14.1. The second-order valence-corrected chi connectivity index (χ2v) is 5.13. The summed E-state index contributed by atoms with van der Waals surface area (Å²) in [6.07, 6.45) is 4.08. The van der Waals surface area contributed by atoms with Gasteiger partial charge in [-0.15, -0.1) is 0 Å². The van der Waals surface area contributed by atoms with Crippen LogP contribution in [0.15, 0.2) is 40.5 Å². The minimum absolute atomic E-state index is 0.0968. The summed E-state index contributed by atoms with van der Waals surface area (Å²) in [5.74, 6) is 0. The molecule has 102 valence electrons. The molecular weight excluding hydrogens is 260 g/mol. The molecule has 0 atom stereocenters. The maximum absolute atomic E-state index is 9.18. The van der Waals surface area contributed by atoms with Crippen molar-refractivity contribution in [2.24, 2.45) is 10.7 Å². The second kappa shape index (κ2) is 6.73. The Kier molecular flexibility index (Phi) is 5.00. The Morgan fingerprint density at radius 1 is 1.26 bits per heavy atom. The van der Waals surface area contributed by atoms with Crippen molar-refractivity contribution in [3.8, 4) is 0 Å². The fourth-order valence-electron chi connectivity index (χ4n) is 2.31. The van der Waals surface area contributed by atoms with Gasteiger partial charge in [-0.1, -0.05) is 29.8 Å². The average Bonchev–Trinajstić information content (AvgIpc) is 2.46. The van der Waals surface area contributed by atoms with Crippen LogP contribution in [-0.4, -0.2) is 17.4 Å². The van der Waals surface area contributed by atoms with Crippen molar-refractivity contribution in [1.82, 2.24) is 0 Å². The van der Waals surface area contributed by atoms with E-state index < -0.39 is 0 Å². The lowest BCUT2D eigenvalue weighted by molar-refractivity contribution is 0.328. The highest BCUT2D eigenvalue weighted by Gasteiger charge is 2.16. The van der Waals surface area contributed by atoms with Crippen LogP contribution in [-0.2, 0) is 6.54 Å². The summed E-state index contributed by atoms with van der Waals surface area (Å²) < 4.78 is 0. The van der Waals surface area contributed by atoms with Crippen LogP contribution >= 0.6 is 11.6 Å². The smallest absolute Gasteiger partial charge is 0.0828 e. The summed E-state index contributed by atoms with van der Waals surface area (Å²) in [6, 6.07) is 7.72. The Morgan fingerprint density at radius 3 is 2.74 bits per heavy atom. The topological polar surface area (TPSA) is 58.6 Å². The monoisotopic (exact) mass is 278 g/mol. The summed E-state index contributed by atoms with van der Waals surface area (Å²) >= 11 is 6.12. The van der Waals surface area contributed by atoms with Gasteiger partial charge in [-0.05, 0) is 42.9 Å². The number of rotatable bonds is 3. The standard InChI is InChI=1S/C15H19ClN2O/c16-13-7-3-1-5-11(13)9-18-15-8-4-2-6-12(15)14(17)10-19/h1,3,5,7,19H,2,4,6,8-10,17H2/b14-12-,18-15?. The molecule has 1 saturated carbocycles. The Labute approximate surface area is 118 Å². The minimum atomic E-state index is -0.0968. The number of allylic oxidation sites excluding steroid dienone is 1. The molecule has 1 aromatic carbocycles. The molecule has 1 aliphatic rings. The first-order valence-electron chi connectivity index (χ1n) is 6.58. The van der Waals surface area contributed by atoms with E-state index in [1.807, 2.05) is 24.3 Å². The van der Waals surface area contributed by atoms with E-state index in [9.17, 15) is 5.11 Å². The molecule has 3 nitrogen and oxygen atoms in total. The molecule has 2 rings (SSSR count). The molecule has 19 heavy (non-hydrogen) atoms. The SMILES string of the molecule is N/C(CO)=C1/CCCCC1=NCc1ccccc1Cl. The predicted molar refractivity (Wildman–Crippen MR) is 79.4 cm³/mol. The third-order valence-electron chi connectivity index (χ3n) is 3.39. The summed E-state index contributed by atoms with van der Waals surface area (Å²) in [5.41, 5.74) is 9.48. The molecule has 0 amide bonds. The summed E-state index contributed by atoms with van der Waals surface area (Å²) in [7, 11) is 0. The lowest BCUT2D eigenvalue weighted by atomic mass is 9.91. The van der Waals surface area contributed by atoms with E-state index in [1.54, 1.807) is 0 Å². The van der Waals surface area contributed by atoms with Gasteiger partial charge in [0.1, 0.15) is 0 Å². The highest BCUT2D eigenvalue weighted by atomic mass is 35.5. The van der Waals surface area contributed by atoms with Crippen LogP contribution in [0, 0.1) is 0 Å². The number of aliphatic hydroxyl groups is 1. The maximum atomic E-state index is 9.18. The van der Waals surface area contributed by atoms with E-state index in [-0.39, 0.29) is 6.61 Å². The number of hydrogen-bond donors (Lipinski definition) is 2. The van der Waals surface area contributed by atoms with Gasteiger partial charge in [0.2, 0.25) is 0 Å². The van der Waals surface area contributed by atoms with Crippen LogP contribution in [0.2, 0.25) is 5.02 Å². The maximum Gasteiger partial charge on any atom is 0.0828 e. The second-order valence-electron chi connectivity index (χ2n) is 4.72. The van der Waals surface area contributed by atoms with Gasteiger partial charge in [0.15, 0.2) is 0 Å². The van der Waals surface area contributed by atoms with Crippen LogP contribution in [0.1, 0.15) is 31.2 Å². The quantitative estimate of drug-likeness (QED) is 0.893. The summed E-state index contributed by atoms with van der Waals surface area (Å²) in [4.78, 5) is 4.65. The normalized spacial score (nSPS) is 20.6. The van der Waals surface area contributed by atoms with Crippen molar-refractivity contribution in [2.75, 3.05) is 6.61 Å². The van der Waals surface area contributed by atoms with E-state index in [1.165, 1.54) is 0 Å². The van der Waals surface area contributed by atoms with Crippen molar-refractivity contribution in [3.05, 3.63) is 46.1 Å². The van der Waals surface area contributed by atoms with E-state index in [4.69, 9.17) is 17.3 Å². The molecule has 0 aliphatic heterocycles. The zero-order valence-electron chi connectivity index (χ0n) is 10.9. The molecule has 0 unspecified atom stereocenters. The molecule has 1 aromatic rings. The van der Waals surface area contributed by atoms with E-state index in [0.29, 0.717) is 12.2 Å². The molecule has 0 saturated heterocycles. The third-order valence-corrected chi connectivity index (χ3v) is 3.76. The zero-order chi connectivity index (χ0) is 13.7. The van der Waals surface area contributed by atoms with Crippen LogP contribution < -0.4 is 5.73 Å². The van der Waals surface area contributed by atoms with Crippen molar-refractivity contribution in [3.63, 3.8) is 0 Å². The fourth-order valence-corrected chi connectivity index (χ4v) is 2.51. The fraction of sp³-hybridized carbons (Fsp3) is 0.400. The van der Waals surface area contributed by atoms with Crippen LogP contribution in [0.3, 0.4) is 0 Å². The highest BCUT2D eigenvalue weighted by molar-refractivity contribution is 6.31. The van der Waals surface area contributed by atoms with Crippen molar-refractivity contribution in [2.45, 2.75) is 32.2 Å². The molecule has 0 spiro atoms. The number of benzene rings is 1. The van der Waals surface area contributed by atoms with Crippen LogP contribution in [0.4, 0.5) is 0 Å². The van der Waals surface area contributed by atoms with E-state index in [0.717, 1.165) is 47.6 Å². The number of hydrogen-bond acceptors (Lipinski definition) is 3. The number of aliphatic hydroxyl groups excluding tert-OH is 1. The molecular formula is C15H19ClN2O. The molecule has 0 aromatic heterocycles. The molecule has 3 N–H and O–H groups in total. The van der Waals surface area contributed by atoms with Gasteiger partial charge in [-0.2, -0.15) is 0 Å². The van der Waals surface area contributed by atoms with E-state index in [2.05, 4.69) is 4.99 Å². The third kappa shape index (κ3) is 3.58. The van der Waals surface area contributed by atoms with Crippen molar-refractivity contribution < 1.29 is 5.11 Å². The Bertz CT molecular complexity index is 509. The average molecular weight is 279 g/mol. The minimum Gasteiger partial charge on any atom is -0.400 e.